The van der Waals surface area contributed by atoms with Crippen molar-refractivity contribution >= 4 is 17.7 Å². The third-order valence-electron chi connectivity index (χ3n) is 6.05. The Balaban J connectivity index is 1.19. The summed E-state index contributed by atoms with van der Waals surface area (Å²) in [5.41, 5.74) is 5.75. The minimum Gasteiger partial charge on any atom is -0.353 e. The van der Waals surface area contributed by atoms with Crippen molar-refractivity contribution in [3.63, 3.8) is 0 Å². The van der Waals surface area contributed by atoms with Gasteiger partial charge >= 0.3 is 0 Å². The molecule has 2 aromatic carbocycles. The van der Waals surface area contributed by atoms with Crippen LogP contribution in [0.5, 0.6) is 0 Å². The number of amides is 1. The molecule has 0 aromatic heterocycles. The average Bonchev–Trinajstić information content (AvgIpc) is 3.17. The van der Waals surface area contributed by atoms with Crippen LogP contribution in [0.15, 0.2) is 47.4 Å². The lowest BCUT2D eigenvalue weighted by molar-refractivity contribution is -0.119. The highest BCUT2D eigenvalue weighted by molar-refractivity contribution is 8.00. The Hall–Kier alpha value is -1.78. The van der Waals surface area contributed by atoms with Gasteiger partial charge in [0.15, 0.2) is 0 Å². The number of thioether (sulfide) groups is 1. The van der Waals surface area contributed by atoms with Gasteiger partial charge in [0, 0.05) is 30.6 Å². The van der Waals surface area contributed by atoms with E-state index in [1.165, 1.54) is 46.4 Å². The van der Waals surface area contributed by atoms with Gasteiger partial charge in [0.2, 0.25) is 5.91 Å². The van der Waals surface area contributed by atoms with Gasteiger partial charge < -0.3 is 5.32 Å². The number of likely N-dealkylation sites (tertiary alicyclic amines) is 1. The molecular formula is C24H30N2OS. The molecule has 0 saturated carbocycles. The molecule has 0 unspecified atom stereocenters. The molecule has 1 aliphatic carbocycles. The van der Waals surface area contributed by atoms with Crippen molar-refractivity contribution in [3.05, 3.63) is 64.7 Å². The molecule has 2 aliphatic rings. The summed E-state index contributed by atoms with van der Waals surface area (Å²) in [4.78, 5) is 16.1. The van der Waals surface area contributed by atoms with Crippen LogP contribution < -0.4 is 5.32 Å². The Bertz CT molecular complexity index is 827. The van der Waals surface area contributed by atoms with Crippen LogP contribution >= 0.6 is 11.8 Å². The summed E-state index contributed by atoms with van der Waals surface area (Å²) >= 11 is 1.66. The van der Waals surface area contributed by atoms with Crippen LogP contribution in [0.4, 0.5) is 0 Å². The molecule has 2 aromatic rings. The second-order valence-corrected chi connectivity index (χ2v) is 9.17. The maximum atomic E-state index is 12.4. The van der Waals surface area contributed by atoms with Crippen molar-refractivity contribution in [2.75, 3.05) is 18.8 Å². The molecule has 4 rings (SSSR count). The van der Waals surface area contributed by atoms with E-state index in [4.69, 9.17) is 0 Å². The van der Waals surface area contributed by atoms with E-state index in [-0.39, 0.29) is 5.91 Å². The van der Waals surface area contributed by atoms with Crippen LogP contribution in [0.1, 0.15) is 41.5 Å². The first kappa shape index (κ1) is 19.5. The van der Waals surface area contributed by atoms with Crippen molar-refractivity contribution in [2.24, 2.45) is 0 Å². The number of hydrogen-bond donors (Lipinski definition) is 1. The maximum Gasteiger partial charge on any atom is 0.230 e. The first-order valence-corrected chi connectivity index (χ1v) is 11.5. The predicted octanol–water partition coefficient (Wildman–Crippen LogP) is 4.36. The Morgan fingerprint density at radius 2 is 1.89 bits per heavy atom. The maximum absolute atomic E-state index is 12.4. The number of benzene rings is 2. The van der Waals surface area contributed by atoms with Gasteiger partial charge in [-0.05, 0) is 73.4 Å². The highest BCUT2D eigenvalue weighted by atomic mass is 32.2. The molecule has 1 heterocycles. The summed E-state index contributed by atoms with van der Waals surface area (Å²) in [5, 5.41) is 3.25. The molecule has 0 atom stereocenters. The summed E-state index contributed by atoms with van der Waals surface area (Å²) in [6.07, 6.45) is 5.76. The zero-order valence-electron chi connectivity index (χ0n) is 16.7. The van der Waals surface area contributed by atoms with Crippen LogP contribution in [0, 0.1) is 6.92 Å². The van der Waals surface area contributed by atoms with Crippen molar-refractivity contribution in [2.45, 2.75) is 56.5 Å². The first-order valence-electron chi connectivity index (χ1n) is 10.5. The molecule has 0 radical (unpaired) electrons. The fourth-order valence-corrected chi connectivity index (χ4v) is 5.09. The number of aryl methyl sites for hydroxylation is 3. The zero-order chi connectivity index (χ0) is 19.3. The second-order valence-electron chi connectivity index (χ2n) is 8.12. The van der Waals surface area contributed by atoms with E-state index in [1.54, 1.807) is 11.8 Å². The number of piperidine rings is 1. The molecule has 3 nitrogen and oxygen atoms in total. The SMILES string of the molecule is Cc1ccccc1CN1CCC(NC(=O)CSc2ccc3c(c2)CCC3)CC1. The fraction of sp³-hybridized carbons (Fsp3) is 0.458. The topological polar surface area (TPSA) is 32.3 Å². The van der Waals surface area contributed by atoms with E-state index in [9.17, 15) is 4.79 Å². The van der Waals surface area contributed by atoms with Gasteiger partial charge in [-0.3, -0.25) is 9.69 Å². The lowest BCUT2D eigenvalue weighted by atomic mass is 10.0. The van der Waals surface area contributed by atoms with Gasteiger partial charge in [0.25, 0.3) is 0 Å². The number of carbonyl (C=O) groups is 1. The van der Waals surface area contributed by atoms with E-state index in [0.29, 0.717) is 11.8 Å². The Morgan fingerprint density at radius 1 is 1.11 bits per heavy atom. The molecule has 1 amide bonds. The normalized spacial score (nSPS) is 17.5. The van der Waals surface area contributed by atoms with E-state index < -0.39 is 0 Å². The van der Waals surface area contributed by atoms with Gasteiger partial charge in [-0.1, -0.05) is 30.3 Å². The van der Waals surface area contributed by atoms with Crippen LogP contribution in [-0.4, -0.2) is 35.7 Å². The van der Waals surface area contributed by atoms with Gasteiger partial charge in [-0.25, -0.2) is 0 Å². The summed E-state index contributed by atoms with van der Waals surface area (Å²) in [6.45, 7) is 5.30. The summed E-state index contributed by atoms with van der Waals surface area (Å²) in [7, 11) is 0. The Labute approximate surface area is 172 Å². The van der Waals surface area contributed by atoms with Crippen LogP contribution in [-0.2, 0) is 24.2 Å². The molecule has 0 spiro atoms. The molecular weight excluding hydrogens is 364 g/mol. The molecule has 148 valence electrons. The average molecular weight is 395 g/mol. The van der Waals surface area contributed by atoms with Gasteiger partial charge in [0.05, 0.1) is 5.75 Å². The minimum atomic E-state index is 0.169. The molecule has 0 bridgehead atoms. The lowest BCUT2D eigenvalue weighted by Crippen LogP contribution is -2.44. The molecule has 1 fully saturated rings. The summed E-state index contributed by atoms with van der Waals surface area (Å²) in [5.74, 6) is 0.685. The van der Waals surface area contributed by atoms with Crippen molar-refractivity contribution in [3.8, 4) is 0 Å². The van der Waals surface area contributed by atoms with E-state index >= 15 is 0 Å². The quantitative estimate of drug-likeness (QED) is 0.739. The van der Waals surface area contributed by atoms with Crippen LogP contribution in [0.25, 0.3) is 0 Å². The van der Waals surface area contributed by atoms with Crippen molar-refractivity contribution in [1.29, 1.82) is 0 Å². The fourth-order valence-electron chi connectivity index (χ4n) is 4.32. The zero-order valence-corrected chi connectivity index (χ0v) is 17.6. The van der Waals surface area contributed by atoms with Gasteiger partial charge in [-0.2, -0.15) is 0 Å². The predicted molar refractivity (Wildman–Crippen MR) is 117 cm³/mol. The molecule has 1 saturated heterocycles. The molecule has 1 aliphatic heterocycles. The largest absolute Gasteiger partial charge is 0.353 e. The van der Waals surface area contributed by atoms with E-state index in [1.807, 2.05) is 0 Å². The first-order chi connectivity index (χ1) is 13.7. The van der Waals surface area contributed by atoms with Crippen LogP contribution in [0.2, 0.25) is 0 Å². The number of hydrogen-bond acceptors (Lipinski definition) is 3. The standard InChI is InChI=1S/C24H30N2OS/c1-18-5-2-3-6-21(18)16-26-13-11-22(12-14-26)25-24(27)17-28-23-10-9-19-7-4-8-20(19)15-23/h2-3,5-6,9-10,15,22H,4,7-8,11-14,16-17H2,1H3,(H,25,27). The minimum absolute atomic E-state index is 0.169. The third kappa shape index (κ3) is 4.98. The Morgan fingerprint density at radius 3 is 2.71 bits per heavy atom. The molecule has 28 heavy (non-hydrogen) atoms. The number of carbonyl (C=O) groups excluding carboxylic acids is 1. The molecule has 1 N–H and O–H groups in total. The summed E-state index contributed by atoms with van der Waals surface area (Å²) < 4.78 is 0. The van der Waals surface area contributed by atoms with Crippen molar-refractivity contribution in [1.82, 2.24) is 10.2 Å². The smallest absolute Gasteiger partial charge is 0.230 e. The second kappa shape index (κ2) is 9.15. The monoisotopic (exact) mass is 394 g/mol. The van der Waals surface area contributed by atoms with Crippen LogP contribution in [0.3, 0.4) is 0 Å². The number of nitrogens with zero attached hydrogens (tertiary/aromatic N) is 1. The highest BCUT2D eigenvalue weighted by Gasteiger charge is 2.21. The molecule has 4 heteroatoms. The van der Waals surface area contributed by atoms with E-state index in [2.05, 4.69) is 59.6 Å². The number of fused-ring (bicyclic) bond motifs is 1. The lowest BCUT2D eigenvalue weighted by Gasteiger charge is -2.32. The van der Waals surface area contributed by atoms with Gasteiger partial charge in [-0.15, -0.1) is 11.8 Å². The summed E-state index contributed by atoms with van der Waals surface area (Å²) in [6, 6.07) is 15.6. The number of nitrogens with one attached hydrogen (secondary N) is 1. The highest BCUT2D eigenvalue weighted by Crippen LogP contribution is 2.27. The van der Waals surface area contributed by atoms with Gasteiger partial charge in [0.1, 0.15) is 0 Å². The third-order valence-corrected chi connectivity index (χ3v) is 7.04. The van der Waals surface area contributed by atoms with Crippen molar-refractivity contribution < 1.29 is 4.79 Å². The number of rotatable bonds is 6. The van der Waals surface area contributed by atoms with E-state index in [0.717, 1.165) is 32.5 Å². The Kier molecular flexibility index (Phi) is 6.38.